The summed E-state index contributed by atoms with van der Waals surface area (Å²) >= 11 is 0. The van der Waals surface area contributed by atoms with Gasteiger partial charge in [-0.05, 0) is 68.1 Å². The van der Waals surface area contributed by atoms with Crippen molar-refractivity contribution < 1.29 is 22.7 Å². The van der Waals surface area contributed by atoms with Crippen LogP contribution < -0.4 is 9.62 Å². The summed E-state index contributed by atoms with van der Waals surface area (Å²) in [6.07, 6.45) is 1.13. The van der Waals surface area contributed by atoms with Gasteiger partial charge in [0.05, 0.1) is 16.0 Å². The van der Waals surface area contributed by atoms with E-state index < -0.39 is 21.8 Å². The van der Waals surface area contributed by atoms with Crippen LogP contribution in [0.25, 0.3) is 10.9 Å². The van der Waals surface area contributed by atoms with Gasteiger partial charge in [0.15, 0.2) is 0 Å². The smallest absolute Gasteiger partial charge is 0.336 e. The van der Waals surface area contributed by atoms with Gasteiger partial charge in [0.2, 0.25) is 0 Å². The van der Waals surface area contributed by atoms with Crippen molar-refractivity contribution in [2.24, 2.45) is 5.92 Å². The third-order valence-corrected chi connectivity index (χ3v) is 8.31. The molecule has 0 unspecified atom stereocenters. The molecule has 1 atom stereocenters. The molecule has 2 heterocycles. The van der Waals surface area contributed by atoms with Gasteiger partial charge in [0.25, 0.3) is 10.0 Å². The zero-order valence-corrected chi connectivity index (χ0v) is 22.3. The van der Waals surface area contributed by atoms with Gasteiger partial charge in [-0.25, -0.2) is 22.6 Å². The van der Waals surface area contributed by atoms with E-state index in [0.717, 1.165) is 38.7 Å². The largest absolute Gasteiger partial charge is 0.478 e. The highest BCUT2D eigenvalue weighted by atomic mass is 32.2. The van der Waals surface area contributed by atoms with Gasteiger partial charge >= 0.3 is 5.97 Å². The third-order valence-electron chi connectivity index (χ3n) is 6.79. The van der Waals surface area contributed by atoms with Crippen LogP contribution in [-0.4, -0.2) is 61.6 Å². The normalized spacial score (nSPS) is 15.8. The molecule has 4 rings (SSSR count). The first kappa shape index (κ1) is 26.8. The quantitative estimate of drug-likeness (QED) is 0.435. The van der Waals surface area contributed by atoms with Crippen LogP contribution in [0.4, 0.5) is 15.9 Å². The molecule has 8 nitrogen and oxygen atoms in total. The maximum absolute atomic E-state index is 13.7. The van der Waals surface area contributed by atoms with Crippen molar-refractivity contribution in [1.82, 2.24) is 9.88 Å². The lowest BCUT2D eigenvalue weighted by Gasteiger charge is -2.39. The molecular weight excluding hydrogens is 495 g/mol. The van der Waals surface area contributed by atoms with Gasteiger partial charge in [-0.1, -0.05) is 19.9 Å². The fraction of sp³-hybridized carbons (Fsp3) is 0.407. The number of pyridine rings is 1. The molecule has 0 spiro atoms. The van der Waals surface area contributed by atoms with Crippen molar-refractivity contribution in [2.45, 2.75) is 45.1 Å². The fourth-order valence-corrected chi connectivity index (χ4v) is 6.22. The summed E-state index contributed by atoms with van der Waals surface area (Å²) in [5, 5.41) is 10.3. The number of hydrogen-bond donors (Lipinski definition) is 2. The maximum atomic E-state index is 13.7. The molecule has 0 bridgehead atoms. The van der Waals surface area contributed by atoms with E-state index in [1.807, 2.05) is 0 Å². The Morgan fingerprint density at radius 3 is 2.43 bits per heavy atom. The number of aryl methyl sites for hydroxylation is 1. The van der Waals surface area contributed by atoms with Crippen molar-refractivity contribution >= 4 is 38.4 Å². The van der Waals surface area contributed by atoms with Crippen molar-refractivity contribution in [1.29, 1.82) is 0 Å². The highest BCUT2D eigenvalue weighted by Crippen LogP contribution is 2.29. The summed E-state index contributed by atoms with van der Waals surface area (Å²) in [5.41, 5.74) is 1.06. The summed E-state index contributed by atoms with van der Waals surface area (Å²) in [6.45, 7) is 11.5. The van der Waals surface area contributed by atoms with Crippen LogP contribution in [-0.2, 0) is 10.0 Å². The lowest BCUT2D eigenvalue weighted by Crippen LogP contribution is -2.50. The monoisotopic (exact) mass is 528 g/mol. The van der Waals surface area contributed by atoms with Crippen LogP contribution >= 0.6 is 0 Å². The second-order valence-corrected chi connectivity index (χ2v) is 11.7. The number of halogens is 1. The Morgan fingerprint density at radius 1 is 1.08 bits per heavy atom. The topological polar surface area (TPSA) is 103 Å². The summed E-state index contributed by atoms with van der Waals surface area (Å²) in [4.78, 5) is 21.2. The SMILES string of the molecule is Cc1ccc(F)cc1S(=O)(=O)Nc1ccc2nc(N3CCN([C@@H](C)CC(C)C)CC3)cc(C(=O)O)c2c1. The van der Waals surface area contributed by atoms with Gasteiger partial charge in [0, 0.05) is 43.3 Å². The number of piperazine rings is 1. The average Bonchev–Trinajstić information content (AvgIpc) is 2.84. The Labute approximate surface area is 217 Å². The first-order chi connectivity index (χ1) is 17.4. The van der Waals surface area contributed by atoms with Crippen molar-refractivity contribution in [3.05, 3.63) is 59.4 Å². The van der Waals surface area contributed by atoms with E-state index in [9.17, 15) is 22.7 Å². The number of nitrogens with zero attached hydrogens (tertiary/aromatic N) is 3. The molecule has 198 valence electrons. The highest BCUT2D eigenvalue weighted by Gasteiger charge is 2.24. The fourth-order valence-electron chi connectivity index (χ4n) is 4.91. The molecule has 0 amide bonds. The Balaban J connectivity index is 1.60. The van der Waals surface area contributed by atoms with Gasteiger partial charge < -0.3 is 10.0 Å². The number of rotatable bonds is 8. The van der Waals surface area contributed by atoms with Crippen molar-refractivity contribution in [3.63, 3.8) is 0 Å². The minimum Gasteiger partial charge on any atom is -0.478 e. The highest BCUT2D eigenvalue weighted by molar-refractivity contribution is 7.92. The molecule has 3 aromatic rings. The number of aromatic carboxylic acids is 1. The number of nitrogens with one attached hydrogen (secondary N) is 1. The van der Waals surface area contributed by atoms with Crippen LogP contribution in [0.1, 0.15) is 43.1 Å². The van der Waals surface area contributed by atoms with E-state index in [0.29, 0.717) is 34.2 Å². The Hall–Kier alpha value is -3.24. The molecule has 1 aliphatic heterocycles. The number of benzene rings is 2. The third kappa shape index (κ3) is 6.02. The zero-order chi connectivity index (χ0) is 26.9. The number of carboxylic acid groups (broad SMARTS) is 1. The van der Waals surface area contributed by atoms with Gasteiger partial charge in [0.1, 0.15) is 11.6 Å². The molecule has 0 saturated carbocycles. The Kier molecular flexibility index (Phi) is 7.70. The second kappa shape index (κ2) is 10.6. The van der Waals surface area contributed by atoms with Crippen LogP contribution in [0, 0.1) is 18.7 Å². The van der Waals surface area contributed by atoms with Gasteiger partial charge in [-0.15, -0.1) is 0 Å². The minimum atomic E-state index is -4.08. The predicted octanol–water partition coefficient (Wildman–Crippen LogP) is 4.74. The molecule has 2 aromatic carbocycles. The number of carboxylic acids is 1. The summed E-state index contributed by atoms with van der Waals surface area (Å²) in [6, 6.07) is 10.2. The summed E-state index contributed by atoms with van der Waals surface area (Å²) in [7, 11) is -4.08. The number of aromatic nitrogens is 1. The molecule has 1 aliphatic rings. The number of anilines is 2. The van der Waals surface area contributed by atoms with Crippen molar-refractivity contribution in [3.8, 4) is 0 Å². The lowest BCUT2D eigenvalue weighted by atomic mass is 10.0. The van der Waals surface area contributed by atoms with E-state index in [1.165, 1.54) is 24.3 Å². The Bertz CT molecular complexity index is 1420. The van der Waals surface area contributed by atoms with Crippen molar-refractivity contribution in [2.75, 3.05) is 35.8 Å². The molecule has 1 aromatic heterocycles. The van der Waals surface area contributed by atoms with Gasteiger partial charge in [-0.2, -0.15) is 0 Å². The standard InChI is InChI=1S/C27H33FN4O4S/c1-17(2)13-19(4)31-9-11-32(12-10-31)26-16-23(27(33)34)22-15-21(7-8-24(22)29-26)30-37(35,36)25-14-20(28)6-5-18(25)3/h5-8,14-17,19,30H,9-13H2,1-4H3,(H,33,34)/t19-/m0/s1. The lowest BCUT2D eigenvalue weighted by molar-refractivity contribution is 0.0699. The number of fused-ring (bicyclic) bond motifs is 1. The van der Waals surface area contributed by atoms with Crippen LogP contribution in [0.3, 0.4) is 0 Å². The maximum Gasteiger partial charge on any atom is 0.336 e. The molecule has 37 heavy (non-hydrogen) atoms. The van der Waals surface area contributed by atoms with Crippen LogP contribution in [0.5, 0.6) is 0 Å². The van der Waals surface area contributed by atoms with E-state index in [4.69, 9.17) is 4.98 Å². The van der Waals surface area contributed by atoms with E-state index in [2.05, 4.69) is 35.3 Å². The first-order valence-corrected chi connectivity index (χ1v) is 13.9. The molecule has 10 heteroatoms. The second-order valence-electron chi connectivity index (χ2n) is 10.1. The molecular formula is C27H33FN4O4S. The molecule has 1 fully saturated rings. The summed E-state index contributed by atoms with van der Waals surface area (Å²) < 4.78 is 41.9. The van der Waals surface area contributed by atoms with Crippen LogP contribution in [0.15, 0.2) is 47.4 Å². The zero-order valence-electron chi connectivity index (χ0n) is 21.5. The number of hydrogen-bond acceptors (Lipinski definition) is 6. The summed E-state index contributed by atoms with van der Waals surface area (Å²) in [5.74, 6) is -0.575. The molecule has 2 N–H and O–H groups in total. The molecule has 0 radical (unpaired) electrons. The average molecular weight is 529 g/mol. The van der Waals surface area contributed by atoms with E-state index in [-0.39, 0.29) is 16.1 Å². The van der Waals surface area contributed by atoms with Crippen LogP contribution in [0.2, 0.25) is 0 Å². The number of carbonyl (C=O) groups is 1. The van der Waals surface area contributed by atoms with E-state index >= 15 is 0 Å². The predicted molar refractivity (Wildman–Crippen MR) is 143 cm³/mol. The van der Waals surface area contributed by atoms with E-state index in [1.54, 1.807) is 19.1 Å². The Morgan fingerprint density at radius 2 is 1.78 bits per heavy atom. The molecule has 1 saturated heterocycles. The first-order valence-electron chi connectivity index (χ1n) is 12.4. The minimum absolute atomic E-state index is 0.0404. The van der Waals surface area contributed by atoms with Gasteiger partial charge in [-0.3, -0.25) is 9.62 Å². The molecule has 0 aliphatic carbocycles. The number of sulfonamides is 1.